The predicted molar refractivity (Wildman–Crippen MR) is 243 cm³/mol. The molecule has 0 saturated carbocycles. The van der Waals surface area contributed by atoms with Gasteiger partial charge in [0.1, 0.15) is 23.3 Å². The van der Waals surface area contributed by atoms with E-state index in [1.165, 1.54) is 36.4 Å². The van der Waals surface area contributed by atoms with E-state index in [1.54, 1.807) is 6.20 Å². The molecule has 6 aromatic rings. The van der Waals surface area contributed by atoms with Crippen LogP contribution >= 0.6 is 15.9 Å². The van der Waals surface area contributed by atoms with E-state index in [-0.39, 0.29) is 54.8 Å². The topological polar surface area (TPSA) is 69.0 Å². The minimum absolute atomic E-state index is 0. The summed E-state index contributed by atoms with van der Waals surface area (Å²) in [4.78, 5) is 17.5. The van der Waals surface area contributed by atoms with Crippen LogP contribution in [0, 0.1) is 37.1 Å². The van der Waals surface area contributed by atoms with Gasteiger partial charge in [-0.05, 0) is 148 Å². The van der Waals surface area contributed by atoms with Gasteiger partial charge in [0.15, 0.2) is 0 Å². The van der Waals surface area contributed by atoms with Crippen molar-refractivity contribution in [1.82, 2.24) is 9.97 Å². The molecule has 2 aromatic heterocycles. The van der Waals surface area contributed by atoms with Gasteiger partial charge in [-0.1, -0.05) is 66.7 Å². The van der Waals surface area contributed by atoms with Crippen LogP contribution < -0.4 is 5.46 Å². The maximum absolute atomic E-state index is 14.0. The first-order valence-corrected chi connectivity index (χ1v) is 21.5. The first-order valence-electron chi connectivity index (χ1n) is 20.7. The van der Waals surface area contributed by atoms with Crippen molar-refractivity contribution in [3.8, 4) is 11.1 Å². The number of benzene rings is 4. The predicted octanol–water partition coefficient (Wildman–Crippen LogP) is 12.4. The van der Waals surface area contributed by atoms with Gasteiger partial charge < -0.3 is 9.31 Å². The summed E-state index contributed by atoms with van der Waals surface area (Å²) < 4.78 is 69.2. The van der Waals surface area contributed by atoms with E-state index in [0.717, 1.165) is 56.4 Å². The fourth-order valence-corrected chi connectivity index (χ4v) is 7.66. The van der Waals surface area contributed by atoms with Crippen LogP contribution in [0.3, 0.4) is 0 Å². The Bertz CT molecular complexity index is 2500. The Morgan fingerprint density at radius 3 is 1.37 bits per heavy atom. The minimum atomic E-state index is -0.560. The molecule has 1 saturated heterocycles. The monoisotopic (exact) mass is 1010 g/mol. The summed E-state index contributed by atoms with van der Waals surface area (Å²) >= 11 is 3.28. The maximum atomic E-state index is 14.0. The van der Waals surface area contributed by atoms with Crippen molar-refractivity contribution in [2.75, 3.05) is 0 Å². The molecule has 0 aliphatic carbocycles. The quantitative estimate of drug-likeness (QED) is 0.123. The third kappa shape index (κ3) is 11.4. The molecule has 6 nitrogen and oxygen atoms in total. The van der Waals surface area contributed by atoms with Crippen molar-refractivity contribution in [2.24, 2.45) is 9.98 Å². The van der Waals surface area contributed by atoms with Crippen LogP contribution in [0.5, 0.6) is 0 Å². The smallest absolute Gasteiger partial charge is 0.399 e. The van der Waals surface area contributed by atoms with Crippen LogP contribution in [-0.4, -0.2) is 39.7 Å². The van der Waals surface area contributed by atoms with E-state index in [1.807, 2.05) is 121 Å². The van der Waals surface area contributed by atoms with Gasteiger partial charge in [0.05, 0.1) is 34.4 Å². The summed E-state index contributed by atoms with van der Waals surface area (Å²) in [7, 11) is -0.408. The SMILES string of the molecule is CC1(C)OB(c2ccc(C3CCC(c4c(F)cccc4F)=N3)cc2)OC1(C)C.Cc1ccc(-c2ccc(C3CCC(c4c(F)cccc4F)=N3)cc2)cn1.Cc1ccc(Br)cn1.[Pd]. The summed E-state index contributed by atoms with van der Waals surface area (Å²) in [5.41, 5.74) is 7.46. The summed E-state index contributed by atoms with van der Waals surface area (Å²) in [6.07, 6.45) is 6.27. The molecule has 3 aliphatic rings. The van der Waals surface area contributed by atoms with Crippen LogP contribution in [0.25, 0.3) is 11.1 Å². The van der Waals surface area contributed by atoms with Gasteiger partial charge in [-0.25, -0.2) is 17.6 Å². The van der Waals surface area contributed by atoms with Crippen molar-refractivity contribution in [2.45, 2.75) is 90.5 Å². The average molecular weight is 1010 g/mol. The Kier molecular flexibility index (Phi) is 15.5. The third-order valence-corrected chi connectivity index (χ3v) is 12.2. The number of aliphatic imine (C=N–C) groups is 2. The molecule has 9 rings (SSSR count). The zero-order valence-electron chi connectivity index (χ0n) is 35.9. The molecular weight excluding hydrogens is 962 g/mol. The number of halogens is 5. The number of hydrogen-bond donors (Lipinski definition) is 0. The number of rotatable bonds is 6. The second kappa shape index (κ2) is 20.5. The van der Waals surface area contributed by atoms with Crippen molar-refractivity contribution in [3.05, 3.63) is 183 Å². The zero-order chi connectivity index (χ0) is 44.2. The fourth-order valence-electron chi connectivity index (χ4n) is 7.43. The molecule has 0 spiro atoms. The molecule has 328 valence electrons. The van der Waals surface area contributed by atoms with E-state index in [4.69, 9.17) is 9.31 Å². The van der Waals surface area contributed by atoms with E-state index in [9.17, 15) is 17.6 Å². The van der Waals surface area contributed by atoms with Crippen LogP contribution in [0.4, 0.5) is 17.6 Å². The molecule has 63 heavy (non-hydrogen) atoms. The molecular formula is C50H48BBrF4N4O2Pd. The molecule has 1 fully saturated rings. The van der Waals surface area contributed by atoms with Crippen LogP contribution in [-0.2, 0) is 29.7 Å². The molecule has 0 bridgehead atoms. The summed E-state index contributed by atoms with van der Waals surface area (Å²) in [5.74, 6) is -2.22. The molecule has 13 heteroatoms. The molecule has 2 atom stereocenters. The fraction of sp³-hybridized carbons (Fsp3) is 0.280. The molecule has 3 aliphatic heterocycles. The van der Waals surface area contributed by atoms with Gasteiger partial charge in [-0.15, -0.1) is 0 Å². The second-order valence-electron chi connectivity index (χ2n) is 16.6. The first-order chi connectivity index (χ1) is 29.6. The van der Waals surface area contributed by atoms with Gasteiger partial charge in [0.25, 0.3) is 0 Å². The van der Waals surface area contributed by atoms with Gasteiger partial charge in [-0.2, -0.15) is 0 Å². The second-order valence-corrected chi connectivity index (χ2v) is 17.6. The molecule has 0 N–H and O–H groups in total. The largest absolute Gasteiger partial charge is 0.494 e. The number of pyridine rings is 2. The third-order valence-electron chi connectivity index (χ3n) is 11.7. The Morgan fingerprint density at radius 1 is 0.556 bits per heavy atom. The van der Waals surface area contributed by atoms with Crippen LogP contribution in [0.1, 0.15) is 99.1 Å². The summed E-state index contributed by atoms with van der Waals surface area (Å²) in [5, 5.41) is 0. The van der Waals surface area contributed by atoms with Gasteiger partial charge in [0, 0.05) is 65.7 Å². The Labute approximate surface area is 389 Å². The molecule has 4 aromatic carbocycles. The first kappa shape index (κ1) is 47.8. The minimum Gasteiger partial charge on any atom is -0.399 e. The van der Waals surface area contributed by atoms with E-state index in [0.29, 0.717) is 24.3 Å². The molecule has 2 unspecified atom stereocenters. The molecule has 5 heterocycles. The van der Waals surface area contributed by atoms with Crippen LogP contribution in [0.2, 0.25) is 0 Å². The standard InChI is InChI=1S/C22H24BF2NO2.C22H18F2N2.C6H6BrN.Pd/c1-21(2)22(3,4)28-23(27-21)15-10-8-14(9-11-15)18-12-13-19(26-18)20-16(24)6-5-7-17(20)25;1-14-5-6-17(13-25-14)15-7-9-16(10-8-15)20-11-12-21(26-20)22-18(23)3-2-4-19(22)24;1-5-2-3-6(7)4-8-5;/h5-11,18H,12-13H2,1-4H3;2-10,13,20H,11-12H2,1H3;2-4H,1H3;. The Hall–Kier alpha value is -4.63. The van der Waals surface area contributed by atoms with Gasteiger partial charge in [-0.3, -0.25) is 20.0 Å². The van der Waals surface area contributed by atoms with Crippen molar-refractivity contribution < 1.29 is 47.3 Å². The Morgan fingerprint density at radius 2 is 0.968 bits per heavy atom. The van der Waals surface area contributed by atoms with Crippen LogP contribution in [0.15, 0.2) is 136 Å². The number of nitrogens with zero attached hydrogens (tertiary/aromatic N) is 4. The van der Waals surface area contributed by atoms with Crippen molar-refractivity contribution in [1.29, 1.82) is 0 Å². The number of hydrogen-bond acceptors (Lipinski definition) is 6. The van der Waals surface area contributed by atoms with E-state index in [2.05, 4.69) is 35.9 Å². The van der Waals surface area contributed by atoms with Crippen molar-refractivity contribution >= 4 is 39.9 Å². The summed E-state index contributed by atoms with van der Waals surface area (Å²) in [6.45, 7) is 12.0. The zero-order valence-corrected chi connectivity index (χ0v) is 39.1. The Balaban J connectivity index is 0.000000176. The van der Waals surface area contributed by atoms with E-state index < -0.39 is 30.4 Å². The molecule has 0 amide bonds. The maximum Gasteiger partial charge on any atom is 0.494 e. The van der Waals surface area contributed by atoms with Gasteiger partial charge >= 0.3 is 7.12 Å². The summed E-state index contributed by atoms with van der Waals surface area (Å²) in [6, 6.07) is 31.7. The van der Waals surface area contributed by atoms with Crippen molar-refractivity contribution in [3.63, 3.8) is 0 Å². The number of aromatic nitrogens is 2. The normalized spacial score (nSPS) is 18.3. The average Bonchev–Trinajstić information content (AvgIpc) is 3.98. The molecule has 0 radical (unpaired) electrons. The van der Waals surface area contributed by atoms with Gasteiger partial charge in [0.2, 0.25) is 0 Å². The van der Waals surface area contributed by atoms with E-state index >= 15 is 0 Å². The number of aryl methyl sites for hydroxylation is 2.